The van der Waals surface area contributed by atoms with Crippen LogP contribution in [-0.2, 0) is 4.79 Å². The van der Waals surface area contributed by atoms with Crippen LogP contribution in [0.3, 0.4) is 0 Å². The maximum atomic E-state index is 12.1. The van der Waals surface area contributed by atoms with Gasteiger partial charge in [-0.3, -0.25) is 14.9 Å². The van der Waals surface area contributed by atoms with Crippen molar-refractivity contribution in [3.8, 4) is 11.4 Å². The third kappa shape index (κ3) is 4.36. The molecular formula is C16H13ClN6O3S. The monoisotopic (exact) mass is 404 g/mol. The summed E-state index contributed by atoms with van der Waals surface area (Å²) in [5.74, 6) is 6.12. The standard InChI is InChI=1S/C16H13ClN6O3S/c17-13-4-2-1-3-12(13)15-20-21-16(22(15)18)27-9-14(24)19-10-5-7-11(8-6-10)23(25)26/h1-8H,9,18H2,(H,19,24). The minimum Gasteiger partial charge on any atom is -0.335 e. The predicted molar refractivity (Wildman–Crippen MR) is 103 cm³/mol. The van der Waals surface area contributed by atoms with E-state index in [4.69, 9.17) is 17.4 Å². The summed E-state index contributed by atoms with van der Waals surface area (Å²) in [5, 5.41) is 22.1. The second kappa shape index (κ2) is 8.06. The number of nitrogens with one attached hydrogen (secondary N) is 1. The Morgan fingerprint density at radius 2 is 1.93 bits per heavy atom. The molecule has 9 nitrogen and oxygen atoms in total. The minimum atomic E-state index is -0.508. The molecule has 0 fully saturated rings. The lowest BCUT2D eigenvalue weighted by Crippen LogP contribution is -2.16. The maximum Gasteiger partial charge on any atom is 0.269 e. The van der Waals surface area contributed by atoms with Crippen molar-refractivity contribution in [2.75, 3.05) is 16.9 Å². The van der Waals surface area contributed by atoms with E-state index in [0.29, 0.717) is 27.3 Å². The predicted octanol–water partition coefficient (Wildman–Crippen LogP) is 2.95. The number of nitro groups is 1. The van der Waals surface area contributed by atoms with Crippen LogP contribution in [0, 0.1) is 10.1 Å². The van der Waals surface area contributed by atoms with E-state index in [1.54, 1.807) is 24.3 Å². The Morgan fingerprint density at radius 1 is 1.22 bits per heavy atom. The highest BCUT2D eigenvalue weighted by atomic mass is 35.5. The molecule has 0 aliphatic rings. The zero-order chi connectivity index (χ0) is 19.4. The van der Waals surface area contributed by atoms with Gasteiger partial charge in [0.2, 0.25) is 11.1 Å². The van der Waals surface area contributed by atoms with Crippen molar-refractivity contribution in [2.45, 2.75) is 5.16 Å². The second-order valence-corrected chi connectivity index (χ2v) is 6.65. The van der Waals surface area contributed by atoms with Gasteiger partial charge in [-0.2, -0.15) is 0 Å². The molecule has 0 bridgehead atoms. The number of nitrogens with zero attached hydrogens (tertiary/aromatic N) is 4. The van der Waals surface area contributed by atoms with Gasteiger partial charge < -0.3 is 11.2 Å². The number of benzene rings is 2. The maximum absolute atomic E-state index is 12.1. The van der Waals surface area contributed by atoms with Crippen LogP contribution in [0.1, 0.15) is 0 Å². The first kappa shape index (κ1) is 18.7. The zero-order valence-electron chi connectivity index (χ0n) is 13.7. The summed E-state index contributed by atoms with van der Waals surface area (Å²) in [5.41, 5.74) is 1.04. The minimum absolute atomic E-state index is 0.0366. The highest BCUT2D eigenvalue weighted by Crippen LogP contribution is 2.27. The molecule has 0 unspecified atom stereocenters. The highest BCUT2D eigenvalue weighted by Gasteiger charge is 2.16. The molecule has 3 rings (SSSR count). The van der Waals surface area contributed by atoms with E-state index < -0.39 is 4.92 Å². The Morgan fingerprint density at radius 3 is 2.59 bits per heavy atom. The van der Waals surface area contributed by atoms with Gasteiger partial charge in [-0.1, -0.05) is 35.5 Å². The normalized spacial score (nSPS) is 10.6. The Kier molecular flexibility index (Phi) is 5.57. The van der Waals surface area contributed by atoms with Crippen molar-refractivity contribution in [2.24, 2.45) is 0 Å². The topological polar surface area (TPSA) is 129 Å². The number of aromatic nitrogens is 3. The Hall–Kier alpha value is -3.11. The van der Waals surface area contributed by atoms with Gasteiger partial charge in [0.25, 0.3) is 5.69 Å². The largest absolute Gasteiger partial charge is 0.335 e. The van der Waals surface area contributed by atoms with E-state index in [0.717, 1.165) is 11.8 Å². The number of amides is 1. The fourth-order valence-electron chi connectivity index (χ4n) is 2.20. The SMILES string of the molecule is Nn1c(SCC(=O)Nc2ccc([N+](=O)[O-])cc2)nnc1-c1ccccc1Cl. The van der Waals surface area contributed by atoms with Crippen LogP contribution in [0.15, 0.2) is 53.7 Å². The summed E-state index contributed by atoms with van der Waals surface area (Å²) in [6, 6.07) is 12.6. The average molecular weight is 405 g/mol. The van der Waals surface area contributed by atoms with Crippen LogP contribution in [0.2, 0.25) is 5.02 Å². The number of nitrogen functional groups attached to an aromatic ring is 1. The quantitative estimate of drug-likeness (QED) is 0.279. The van der Waals surface area contributed by atoms with Gasteiger partial charge in [0.15, 0.2) is 5.82 Å². The molecule has 1 aromatic heterocycles. The first-order valence-corrected chi connectivity index (χ1v) is 8.94. The highest BCUT2D eigenvalue weighted by molar-refractivity contribution is 7.99. The number of hydrogen-bond acceptors (Lipinski definition) is 7. The lowest BCUT2D eigenvalue weighted by molar-refractivity contribution is -0.384. The molecule has 0 saturated carbocycles. The van der Waals surface area contributed by atoms with Gasteiger partial charge in [0.1, 0.15) is 0 Å². The molecular weight excluding hydrogens is 392 g/mol. The van der Waals surface area contributed by atoms with Gasteiger partial charge in [-0.05, 0) is 24.3 Å². The summed E-state index contributed by atoms with van der Waals surface area (Å²) >= 11 is 7.24. The number of nitrogens with two attached hydrogens (primary N) is 1. The third-order valence-corrected chi connectivity index (χ3v) is 4.75. The Bertz CT molecular complexity index is 992. The smallest absolute Gasteiger partial charge is 0.269 e. The second-order valence-electron chi connectivity index (χ2n) is 5.30. The summed E-state index contributed by atoms with van der Waals surface area (Å²) in [6.45, 7) is 0. The molecule has 1 heterocycles. The zero-order valence-corrected chi connectivity index (χ0v) is 15.3. The van der Waals surface area contributed by atoms with E-state index >= 15 is 0 Å². The molecule has 3 aromatic rings. The molecule has 0 spiro atoms. The summed E-state index contributed by atoms with van der Waals surface area (Å²) in [6.07, 6.45) is 0. The van der Waals surface area contributed by atoms with Crippen LogP contribution in [0.4, 0.5) is 11.4 Å². The van der Waals surface area contributed by atoms with Crippen molar-refractivity contribution < 1.29 is 9.72 Å². The van der Waals surface area contributed by atoms with Crippen LogP contribution in [-0.4, -0.2) is 31.5 Å². The van der Waals surface area contributed by atoms with Crippen LogP contribution >= 0.6 is 23.4 Å². The third-order valence-electron chi connectivity index (χ3n) is 3.47. The number of thioether (sulfide) groups is 1. The van der Waals surface area contributed by atoms with Gasteiger partial charge in [-0.25, -0.2) is 4.68 Å². The summed E-state index contributed by atoms with van der Waals surface area (Å²) in [7, 11) is 0. The van der Waals surface area contributed by atoms with Gasteiger partial charge >= 0.3 is 0 Å². The van der Waals surface area contributed by atoms with Crippen molar-refractivity contribution in [3.63, 3.8) is 0 Å². The Labute approximate surface area is 162 Å². The molecule has 0 saturated heterocycles. The number of hydrogen-bond donors (Lipinski definition) is 2. The molecule has 0 radical (unpaired) electrons. The number of anilines is 1. The molecule has 27 heavy (non-hydrogen) atoms. The van der Waals surface area contributed by atoms with Crippen molar-refractivity contribution >= 4 is 40.6 Å². The van der Waals surface area contributed by atoms with E-state index in [1.807, 2.05) is 0 Å². The lowest BCUT2D eigenvalue weighted by atomic mass is 10.2. The van der Waals surface area contributed by atoms with Gasteiger partial charge in [0, 0.05) is 23.4 Å². The van der Waals surface area contributed by atoms with Gasteiger partial charge in [0.05, 0.1) is 15.7 Å². The van der Waals surface area contributed by atoms with Crippen LogP contribution in [0.25, 0.3) is 11.4 Å². The van der Waals surface area contributed by atoms with Crippen LogP contribution < -0.4 is 11.2 Å². The molecule has 3 N–H and O–H groups in total. The van der Waals surface area contributed by atoms with Crippen molar-refractivity contribution in [3.05, 3.63) is 63.7 Å². The number of carbonyl (C=O) groups excluding carboxylic acids is 1. The van der Waals surface area contributed by atoms with Crippen LogP contribution in [0.5, 0.6) is 0 Å². The summed E-state index contributed by atoms with van der Waals surface area (Å²) in [4.78, 5) is 22.2. The number of nitro benzene ring substituents is 1. The van der Waals surface area contributed by atoms with E-state index in [-0.39, 0.29) is 17.3 Å². The Balaban J connectivity index is 1.62. The molecule has 0 aliphatic carbocycles. The molecule has 1 amide bonds. The van der Waals surface area contributed by atoms with E-state index in [9.17, 15) is 14.9 Å². The lowest BCUT2D eigenvalue weighted by Gasteiger charge is -2.06. The average Bonchev–Trinajstić information content (AvgIpc) is 3.01. The molecule has 138 valence electrons. The number of carbonyl (C=O) groups is 1. The fraction of sp³-hybridized carbons (Fsp3) is 0.0625. The van der Waals surface area contributed by atoms with E-state index in [2.05, 4.69) is 15.5 Å². The molecule has 0 aliphatic heterocycles. The number of halogens is 1. The van der Waals surface area contributed by atoms with Crippen molar-refractivity contribution in [1.82, 2.24) is 14.9 Å². The first-order chi connectivity index (χ1) is 13.0. The number of non-ortho nitro benzene ring substituents is 1. The van der Waals surface area contributed by atoms with Crippen molar-refractivity contribution in [1.29, 1.82) is 0 Å². The fourth-order valence-corrected chi connectivity index (χ4v) is 3.07. The van der Waals surface area contributed by atoms with E-state index in [1.165, 1.54) is 28.9 Å². The summed E-state index contributed by atoms with van der Waals surface area (Å²) < 4.78 is 1.27. The molecule has 2 aromatic carbocycles. The van der Waals surface area contributed by atoms with Gasteiger partial charge in [-0.15, -0.1) is 10.2 Å². The first-order valence-electron chi connectivity index (χ1n) is 7.58. The number of rotatable bonds is 6. The molecule has 11 heteroatoms. The molecule has 0 atom stereocenters.